The minimum Gasteiger partial charge on any atom is -0.327 e. The summed E-state index contributed by atoms with van der Waals surface area (Å²) in [6.07, 6.45) is 4.13. The number of hydrogen-bond acceptors (Lipinski definition) is 4. The van der Waals surface area contributed by atoms with E-state index in [-0.39, 0.29) is 11.7 Å². The Morgan fingerprint density at radius 2 is 2.32 bits per heavy atom. The summed E-state index contributed by atoms with van der Waals surface area (Å²) < 4.78 is 25.1. The summed E-state index contributed by atoms with van der Waals surface area (Å²) in [5, 5.41) is 0. The minimum atomic E-state index is -2.85. The molecular weight excluding hydrogens is 286 g/mol. The molecule has 0 saturated carbocycles. The molecule has 0 spiro atoms. The first-order valence-electron chi connectivity index (χ1n) is 6.14. The molecule has 5 nitrogen and oxygen atoms in total. The lowest BCUT2D eigenvalue weighted by molar-refractivity contribution is 0.490. The van der Waals surface area contributed by atoms with Gasteiger partial charge in [-0.1, -0.05) is 0 Å². The molecule has 1 saturated heterocycles. The lowest BCUT2D eigenvalue weighted by atomic mass is 10.1. The van der Waals surface area contributed by atoms with Crippen LogP contribution < -0.4 is 0 Å². The van der Waals surface area contributed by atoms with Gasteiger partial charge in [-0.25, -0.2) is 13.4 Å². The Balaban J connectivity index is 1.96. The van der Waals surface area contributed by atoms with E-state index >= 15 is 0 Å². The molecule has 0 bridgehead atoms. The Kier molecular flexibility index (Phi) is 3.22. The SMILES string of the molecule is O=S1(=O)CCC(Cn2c(CCl)nc3cnccc32)C1. The van der Waals surface area contributed by atoms with E-state index in [1.165, 1.54) is 0 Å². The molecule has 0 radical (unpaired) electrons. The molecule has 0 N–H and O–H groups in total. The summed E-state index contributed by atoms with van der Waals surface area (Å²) in [4.78, 5) is 8.47. The highest BCUT2D eigenvalue weighted by Crippen LogP contribution is 2.24. The smallest absolute Gasteiger partial charge is 0.150 e. The third-order valence-electron chi connectivity index (χ3n) is 3.52. The van der Waals surface area contributed by atoms with E-state index in [2.05, 4.69) is 9.97 Å². The number of nitrogens with zero attached hydrogens (tertiary/aromatic N) is 3. The average Bonchev–Trinajstić information content (AvgIpc) is 2.91. The highest BCUT2D eigenvalue weighted by atomic mass is 35.5. The normalized spacial score (nSPS) is 22.1. The van der Waals surface area contributed by atoms with E-state index in [1.807, 2.05) is 10.6 Å². The molecule has 2 aromatic heterocycles. The summed E-state index contributed by atoms with van der Waals surface area (Å²) in [5.74, 6) is 1.79. The van der Waals surface area contributed by atoms with E-state index in [0.717, 1.165) is 23.3 Å². The van der Waals surface area contributed by atoms with Gasteiger partial charge in [0.05, 0.1) is 29.1 Å². The fraction of sp³-hybridized carbons (Fsp3) is 0.500. The van der Waals surface area contributed by atoms with E-state index in [1.54, 1.807) is 12.4 Å². The van der Waals surface area contributed by atoms with Crippen LogP contribution >= 0.6 is 11.6 Å². The number of halogens is 1. The predicted molar refractivity (Wildman–Crippen MR) is 73.8 cm³/mol. The monoisotopic (exact) mass is 299 g/mol. The summed E-state index contributed by atoms with van der Waals surface area (Å²) in [6.45, 7) is 0.655. The average molecular weight is 300 g/mol. The number of imidazole rings is 1. The van der Waals surface area contributed by atoms with Crippen LogP contribution in [0.3, 0.4) is 0 Å². The second-order valence-electron chi connectivity index (χ2n) is 4.91. The maximum Gasteiger partial charge on any atom is 0.150 e. The Morgan fingerprint density at radius 1 is 1.47 bits per heavy atom. The van der Waals surface area contributed by atoms with Crippen molar-refractivity contribution in [1.82, 2.24) is 14.5 Å². The van der Waals surface area contributed by atoms with Crippen molar-refractivity contribution in [2.75, 3.05) is 11.5 Å². The molecular formula is C12H14ClN3O2S. The van der Waals surface area contributed by atoms with Gasteiger partial charge in [-0.3, -0.25) is 4.98 Å². The lowest BCUT2D eigenvalue weighted by Crippen LogP contribution is -2.14. The fourth-order valence-corrected chi connectivity index (χ4v) is 4.67. The minimum absolute atomic E-state index is 0.150. The molecule has 19 heavy (non-hydrogen) atoms. The predicted octanol–water partition coefficient (Wildman–Crippen LogP) is 1.60. The molecule has 0 aliphatic carbocycles. The van der Waals surface area contributed by atoms with Crippen LogP contribution in [0.2, 0.25) is 0 Å². The fourth-order valence-electron chi connectivity index (χ4n) is 2.61. The molecule has 1 atom stereocenters. The zero-order valence-corrected chi connectivity index (χ0v) is 11.9. The van der Waals surface area contributed by atoms with Gasteiger partial charge in [0.1, 0.15) is 11.3 Å². The third kappa shape index (κ3) is 2.47. The first kappa shape index (κ1) is 12.9. The number of sulfone groups is 1. The quantitative estimate of drug-likeness (QED) is 0.808. The Hall–Kier alpha value is -1.14. The number of pyridine rings is 1. The van der Waals surface area contributed by atoms with Crippen molar-refractivity contribution in [1.29, 1.82) is 0 Å². The lowest BCUT2D eigenvalue weighted by Gasteiger charge is -2.12. The Morgan fingerprint density at radius 3 is 3.00 bits per heavy atom. The van der Waals surface area contributed by atoms with Gasteiger partial charge in [-0.2, -0.15) is 0 Å². The zero-order valence-electron chi connectivity index (χ0n) is 10.3. The summed E-state index contributed by atoms with van der Waals surface area (Å²) >= 11 is 5.92. The Labute approximate surface area is 116 Å². The van der Waals surface area contributed by atoms with Crippen molar-refractivity contribution in [2.24, 2.45) is 5.92 Å². The van der Waals surface area contributed by atoms with Crippen LogP contribution in [0.15, 0.2) is 18.5 Å². The number of hydrogen-bond donors (Lipinski definition) is 0. The highest BCUT2D eigenvalue weighted by Gasteiger charge is 2.28. The number of alkyl halides is 1. The molecule has 0 amide bonds. The van der Waals surface area contributed by atoms with Gasteiger partial charge in [0, 0.05) is 12.7 Å². The van der Waals surface area contributed by atoms with Crippen LogP contribution in [-0.2, 0) is 22.3 Å². The molecule has 3 heterocycles. The number of fused-ring (bicyclic) bond motifs is 1. The van der Waals surface area contributed by atoms with Gasteiger partial charge in [0.15, 0.2) is 9.84 Å². The van der Waals surface area contributed by atoms with E-state index in [4.69, 9.17) is 11.6 Å². The summed E-state index contributed by atoms with van der Waals surface area (Å²) in [7, 11) is -2.85. The highest BCUT2D eigenvalue weighted by molar-refractivity contribution is 7.91. The van der Waals surface area contributed by atoms with E-state index < -0.39 is 9.84 Å². The third-order valence-corrected chi connectivity index (χ3v) is 5.59. The maximum absolute atomic E-state index is 11.5. The van der Waals surface area contributed by atoms with Crippen molar-refractivity contribution in [3.05, 3.63) is 24.3 Å². The van der Waals surface area contributed by atoms with Crippen molar-refractivity contribution in [3.63, 3.8) is 0 Å². The van der Waals surface area contributed by atoms with Crippen LogP contribution in [-0.4, -0.2) is 34.5 Å². The van der Waals surface area contributed by atoms with Crippen LogP contribution in [0.4, 0.5) is 0 Å². The summed E-state index contributed by atoms with van der Waals surface area (Å²) in [6, 6.07) is 1.89. The van der Waals surface area contributed by atoms with Crippen molar-refractivity contribution in [3.8, 4) is 0 Å². The van der Waals surface area contributed by atoms with Crippen molar-refractivity contribution < 1.29 is 8.42 Å². The maximum atomic E-state index is 11.5. The molecule has 1 aliphatic rings. The van der Waals surface area contributed by atoms with Crippen LogP contribution in [0.25, 0.3) is 11.0 Å². The van der Waals surface area contributed by atoms with Crippen LogP contribution in [0.5, 0.6) is 0 Å². The van der Waals surface area contributed by atoms with Crippen molar-refractivity contribution >= 4 is 32.5 Å². The first-order valence-corrected chi connectivity index (χ1v) is 8.50. The van der Waals surface area contributed by atoms with Crippen LogP contribution in [0, 0.1) is 5.92 Å². The van der Waals surface area contributed by atoms with Gasteiger partial charge in [0.2, 0.25) is 0 Å². The second-order valence-corrected chi connectivity index (χ2v) is 7.40. The van der Waals surface area contributed by atoms with Crippen LogP contribution in [0.1, 0.15) is 12.2 Å². The zero-order chi connectivity index (χ0) is 13.5. The molecule has 3 rings (SSSR count). The molecule has 7 heteroatoms. The van der Waals surface area contributed by atoms with Gasteiger partial charge in [-0.15, -0.1) is 11.6 Å². The number of rotatable bonds is 3. The van der Waals surface area contributed by atoms with Gasteiger partial charge in [0.25, 0.3) is 0 Å². The molecule has 1 fully saturated rings. The summed E-state index contributed by atoms with van der Waals surface area (Å²) in [5.41, 5.74) is 1.77. The molecule has 0 aromatic carbocycles. The topological polar surface area (TPSA) is 64.8 Å². The van der Waals surface area contributed by atoms with Gasteiger partial charge >= 0.3 is 0 Å². The second kappa shape index (κ2) is 4.76. The molecule has 1 unspecified atom stereocenters. The Bertz CT molecular complexity index is 711. The van der Waals surface area contributed by atoms with E-state index in [0.29, 0.717) is 18.2 Å². The molecule has 1 aliphatic heterocycles. The molecule has 102 valence electrons. The van der Waals surface area contributed by atoms with Gasteiger partial charge < -0.3 is 4.57 Å². The number of aromatic nitrogens is 3. The van der Waals surface area contributed by atoms with E-state index in [9.17, 15) is 8.42 Å². The molecule has 2 aromatic rings. The largest absolute Gasteiger partial charge is 0.327 e. The first-order chi connectivity index (χ1) is 9.09. The van der Waals surface area contributed by atoms with Gasteiger partial charge in [-0.05, 0) is 18.4 Å². The standard InChI is InChI=1S/C12H14ClN3O2S/c13-5-12-15-10-6-14-3-1-11(10)16(12)7-9-2-4-19(17,18)8-9/h1,3,6,9H,2,4-5,7-8H2. The van der Waals surface area contributed by atoms with Crippen molar-refractivity contribution in [2.45, 2.75) is 18.8 Å².